The van der Waals surface area contributed by atoms with Crippen molar-refractivity contribution in [1.29, 1.82) is 0 Å². The van der Waals surface area contributed by atoms with Crippen LogP contribution in [0.3, 0.4) is 0 Å². The molecule has 1 fully saturated rings. The fourth-order valence-corrected chi connectivity index (χ4v) is 3.10. The van der Waals surface area contributed by atoms with E-state index in [0.717, 1.165) is 11.1 Å². The monoisotopic (exact) mass is 268 g/mol. The highest BCUT2D eigenvalue weighted by Gasteiger charge is 2.58. The lowest BCUT2D eigenvalue weighted by atomic mass is 9.88. The van der Waals surface area contributed by atoms with Crippen LogP contribution in [0.5, 0.6) is 0 Å². The van der Waals surface area contributed by atoms with Gasteiger partial charge in [0, 0.05) is 0 Å². The van der Waals surface area contributed by atoms with Gasteiger partial charge in [0.05, 0.1) is 0 Å². The molecule has 1 aliphatic heterocycles. The van der Waals surface area contributed by atoms with Crippen LogP contribution in [0.25, 0.3) is 11.1 Å². The maximum Gasteiger partial charge on any atom is 0.354 e. The number of carbonyl (C=O) groups is 2. The minimum atomic E-state index is -1.43. The molecule has 0 unspecified atom stereocenters. The van der Waals surface area contributed by atoms with Crippen molar-refractivity contribution in [2.24, 2.45) is 0 Å². The highest BCUT2D eigenvalue weighted by atomic mass is 19.2. The summed E-state index contributed by atoms with van der Waals surface area (Å²) in [4.78, 5) is 23.9. The van der Waals surface area contributed by atoms with Crippen LogP contribution >= 0.6 is 0 Å². The van der Waals surface area contributed by atoms with E-state index in [0.29, 0.717) is 11.1 Å². The predicted octanol–water partition coefficient (Wildman–Crippen LogP) is 2.35. The van der Waals surface area contributed by atoms with Crippen LogP contribution in [0.1, 0.15) is 11.1 Å². The Kier molecular flexibility index (Phi) is 1.92. The van der Waals surface area contributed by atoms with E-state index >= 15 is 0 Å². The SMILES string of the molecule is O=C1NC2(C(=O)N1F)c1ccccc1-c1ccccc12. The Hall–Kier alpha value is -2.69. The molecule has 1 saturated heterocycles. The number of benzene rings is 2. The number of hydrogen-bond donors (Lipinski definition) is 1. The van der Waals surface area contributed by atoms with Crippen LogP contribution in [0.2, 0.25) is 0 Å². The van der Waals surface area contributed by atoms with Gasteiger partial charge in [0.25, 0.3) is 5.91 Å². The van der Waals surface area contributed by atoms with Gasteiger partial charge in [-0.1, -0.05) is 58.1 Å². The molecule has 5 heteroatoms. The number of imide groups is 1. The van der Waals surface area contributed by atoms with Crippen LogP contribution in [0.4, 0.5) is 9.28 Å². The fourth-order valence-electron chi connectivity index (χ4n) is 3.10. The van der Waals surface area contributed by atoms with Gasteiger partial charge in [-0.05, 0) is 22.3 Å². The van der Waals surface area contributed by atoms with Crippen molar-refractivity contribution in [2.75, 3.05) is 0 Å². The zero-order valence-corrected chi connectivity index (χ0v) is 10.3. The third-order valence-corrected chi connectivity index (χ3v) is 3.92. The summed E-state index contributed by atoms with van der Waals surface area (Å²) in [5, 5.41) is 2.16. The summed E-state index contributed by atoms with van der Waals surface area (Å²) in [7, 11) is 0. The third-order valence-electron chi connectivity index (χ3n) is 3.92. The second kappa shape index (κ2) is 3.45. The van der Waals surface area contributed by atoms with Gasteiger partial charge < -0.3 is 5.32 Å². The Balaban J connectivity index is 2.11. The van der Waals surface area contributed by atoms with Crippen LogP contribution < -0.4 is 5.32 Å². The highest BCUT2D eigenvalue weighted by molar-refractivity contribution is 6.12. The summed E-state index contributed by atoms with van der Waals surface area (Å²) in [5.74, 6) is -0.889. The molecule has 0 saturated carbocycles. The van der Waals surface area contributed by atoms with E-state index in [4.69, 9.17) is 0 Å². The third kappa shape index (κ3) is 1.06. The Morgan fingerprint density at radius 3 is 1.85 bits per heavy atom. The van der Waals surface area contributed by atoms with Crippen molar-refractivity contribution in [3.63, 3.8) is 0 Å². The average Bonchev–Trinajstić information content (AvgIpc) is 2.89. The number of halogens is 1. The Labute approximate surface area is 113 Å². The van der Waals surface area contributed by atoms with E-state index in [1.54, 1.807) is 24.3 Å². The molecule has 98 valence electrons. The molecule has 1 aliphatic carbocycles. The first kappa shape index (κ1) is 11.2. The first-order chi connectivity index (χ1) is 9.66. The number of urea groups is 1. The molecule has 2 aliphatic rings. The van der Waals surface area contributed by atoms with Gasteiger partial charge >= 0.3 is 6.03 Å². The standard InChI is InChI=1S/C15H9FN2O2/c16-18-13(19)15(17-14(18)20)11-7-3-1-5-9(11)10-6-2-4-8-12(10)15/h1-8H,(H,17,20). The number of amides is 3. The molecule has 2 aromatic carbocycles. The minimum absolute atomic E-state index is 0.348. The molecular formula is C15H9FN2O2. The second-order valence-corrected chi connectivity index (χ2v) is 4.86. The lowest BCUT2D eigenvalue weighted by Crippen LogP contribution is -2.43. The summed E-state index contributed by atoms with van der Waals surface area (Å²) in [6, 6.07) is 13.4. The number of hydrogen-bond acceptors (Lipinski definition) is 2. The van der Waals surface area contributed by atoms with Crippen LogP contribution in [0, 0.1) is 0 Å². The predicted molar refractivity (Wildman–Crippen MR) is 69.1 cm³/mol. The van der Waals surface area contributed by atoms with Crippen molar-refractivity contribution < 1.29 is 14.1 Å². The highest BCUT2D eigenvalue weighted by Crippen LogP contribution is 2.49. The molecule has 3 amide bonds. The fraction of sp³-hybridized carbons (Fsp3) is 0.0667. The molecule has 4 nitrogen and oxygen atoms in total. The number of nitrogens with zero attached hydrogens (tertiary/aromatic N) is 1. The maximum absolute atomic E-state index is 13.7. The summed E-state index contributed by atoms with van der Waals surface area (Å²) in [6.45, 7) is 0. The van der Waals surface area contributed by atoms with Gasteiger partial charge in [-0.25, -0.2) is 4.79 Å². The van der Waals surface area contributed by atoms with E-state index in [1.807, 2.05) is 24.3 Å². The van der Waals surface area contributed by atoms with E-state index in [2.05, 4.69) is 5.32 Å². The van der Waals surface area contributed by atoms with Crippen molar-refractivity contribution in [1.82, 2.24) is 10.4 Å². The number of nitrogens with one attached hydrogen (secondary N) is 1. The van der Waals surface area contributed by atoms with Gasteiger partial charge in [0.1, 0.15) is 0 Å². The molecular weight excluding hydrogens is 259 g/mol. The molecule has 2 aromatic rings. The van der Waals surface area contributed by atoms with Crippen LogP contribution in [0.15, 0.2) is 48.5 Å². The van der Waals surface area contributed by atoms with Crippen molar-refractivity contribution >= 4 is 11.9 Å². The minimum Gasteiger partial charge on any atom is -0.313 e. The Bertz CT molecular complexity index is 726. The molecule has 0 atom stereocenters. The van der Waals surface area contributed by atoms with Gasteiger partial charge in [0.2, 0.25) is 0 Å². The molecule has 1 N–H and O–H groups in total. The lowest BCUT2D eigenvalue weighted by molar-refractivity contribution is -0.140. The molecule has 0 radical (unpaired) electrons. The normalized spacial score (nSPS) is 18.1. The molecule has 4 rings (SSSR count). The van der Waals surface area contributed by atoms with Crippen molar-refractivity contribution in [3.8, 4) is 11.1 Å². The largest absolute Gasteiger partial charge is 0.354 e. The topological polar surface area (TPSA) is 49.4 Å². The van der Waals surface area contributed by atoms with E-state index in [-0.39, 0.29) is 5.12 Å². The number of rotatable bonds is 0. The molecule has 20 heavy (non-hydrogen) atoms. The van der Waals surface area contributed by atoms with E-state index < -0.39 is 17.5 Å². The van der Waals surface area contributed by atoms with Gasteiger partial charge in [-0.2, -0.15) is 0 Å². The van der Waals surface area contributed by atoms with Crippen molar-refractivity contribution in [2.45, 2.75) is 5.54 Å². The average molecular weight is 268 g/mol. The van der Waals surface area contributed by atoms with Gasteiger partial charge in [-0.3, -0.25) is 4.79 Å². The maximum atomic E-state index is 13.7. The van der Waals surface area contributed by atoms with Crippen molar-refractivity contribution in [3.05, 3.63) is 59.7 Å². The van der Waals surface area contributed by atoms with E-state index in [1.165, 1.54) is 0 Å². The lowest BCUT2D eigenvalue weighted by Gasteiger charge is -2.22. The molecule has 0 aromatic heterocycles. The number of carbonyl (C=O) groups excluding carboxylic acids is 2. The summed E-state index contributed by atoms with van der Waals surface area (Å²) in [5.41, 5.74) is 1.47. The van der Waals surface area contributed by atoms with Gasteiger partial charge in [0.15, 0.2) is 5.54 Å². The summed E-state index contributed by atoms with van der Waals surface area (Å²) in [6.07, 6.45) is 0. The quantitative estimate of drug-likeness (QED) is 0.589. The first-order valence-corrected chi connectivity index (χ1v) is 6.18. The first-order valence-electron chi connectivity index (χ1n) is 6.18. The number of fused-ring (bicyclic) bond motifs is 5. The molecule has 1 spiro atoms. The molecule has 1 heterocycles. The Morgan fingerprint density at radius 1 is 0.900 bits per heavy atom. The van der Waals surface area contributed by atoms with Crippen LogP contribution in [-0.2, 0) is 10.3 Å². The second-order valence-electron chi connectivity index (χ2n) is 4.86. The van der Waals surface area contributed by atoms with E-state index in [9.17, 15) is 14.1 Å². The van der Waals surface area contributed by atoms with Gasteiger partial charge in [-0.15, -0.1) is 0 Å². The Morgan fingerprint density at radius 2 is 1.40 bits per heavy atom. The molecule has 0 bridgehead atoms. The van der Waals surface area contributed by atoms with Crippen LogP contribution in [-0.4, -0.2) is 17.1 Å². The zero-order valence-electron chi connectivity index (χ0n) is 10.3. The summed E-state index contributed by atoms with van der Waals surface area (Å²) >= 11 is 0. The zero-order chi connectivity index (χ0) is 13.9. The summed E-state index contributed by atoms with van der Waals surface area (Å²) < 4.78 is 13.7. The smallest absolute Gasteiger partial charge is 0.313 e.